The lowest BCUT2D eigenvalue weighted by Crippen LogP contribution is -2.63. The molecule has 1 aromatic rings. The molecule has 1 fully saturated rings. The van der Waals surface area contributed by atoms with E-state index in [9.17, 15) is 4.79 Å². The third kappa shape index (κ3) is 2.59. The van der Waals surface area contributed by atoms with Crippen LogP contribution in [-0.4, -0.2) is 41.3 Å². The summed E-state index contributed by atoms with van der Waals surface area (Å²) in [5, 5.41) is 3.77. The largest absolute Gasteiger partial charge is 0.378 e. The Morgan fingerprint density at radius 2 is 2.30 bits per heavy atom. The number of ether oxygens (including phenoxy) is 1. The molecule has 1 amide bonds. The minimum absolute atomic E-state index is 0.0232. The van der Waals surface area contributed by atoms with E-state index in [1.54, 1.807) is 6.07 Å². The molecule has 112 valence electrons. The van der Waals surface area contributed by atoms with Gasteiger partial charge in [-0.3, -0.25) is 4.79 Å². The van der Waals surface area contributed by atoms with E-state index < -0.39 is 0 Å². The molecule has 1 aliphatic rings. The van der Waals surface area contributed by atoms with Crippen molar-refractivity contribution in [1.82, 2.24) is 10.1 Å². The van der Waals surface area contributed by atoms with Crippen molar-refractivity contribution in [3.8, 4) is 0 Å². The molecule has 1 saturated carbocycles. The second kappa shape index (κ2) is 5.95. The number of hydrogen-bond acceptors (Lipinski definition) is 4. The maximum atomic E-state index is 12.5. The molecule has 5 heteroatoms. The van der Waals surface area contributed by atoms with Gasteiger partial charge in [0.25, 0.3) is 5.91 Å². The lowest BCUT2D eigenvalue weighted by atomic mass is 9.63. The number of rotatable bonds is 6. The van der Waals surface area contributed by atoms with Crippen molar-refractivity contribution in [2.24, 2.45) is 5.41 Å². The van der Waals surface area contributed by atoms with Crippen molar-refractivity contribution in [3.63, 3.8) is 0 Å². The van der Waals surface area contributed by atoms with Crippen molar-refractivity contribution in [3.05, 3.63) is 18.0 Å². The van der Waals surface area contributed by atoms with Crippen LogP contribution in [0.2, 0.25) is 0 Å². The standard InChI is InChI=1S/C15H24N2O3/c1-5-8-17(14(18)11-7-9-20-16-11)12-10-13(19-6-2)15(12,3)4/h7,9,12-13H,5-6,8,10H2,1-4H3/t12-,13-/m0/s1. The maximum Gasteiger partial charge on any atom is 0.276 e. The SMILES string of the molecule is CCCN(C(=O)c1ccon1)[C@H]1C[C@H](OCC)C1(C)C. The Morgan fingerprint density at radius 1 is 1.55 bits per heavy atom. The molecular formula is C15H24N2O3. The molecule has 0 radical (unpaired) electrons. The number of amides is 1. The van der Waals surface area contributed by atoms with Crippen molar-refractivity contribution in [2.75, 3.05) is 13.2 Å². The van der Waals surface area contributed by atoms with E-state index in [0.29, 0.717) is 12.3 Å². The second-order valence-electron chi connectivity index (χ2n) is 5.90. The molecule has 0 aliphatic heterocycles. The average molecular weight is 280 g/mol. The van der Waals surface area contributed by atoms with Gasteiger partial charge in [-0.2, -0.15) is 0 Å². The fourth-order valence-corrected chi connectivity index (χ4v) is 2.99. The molecule has 0 spiro atoms. The van der Waals surface area contributed by atoms with E-state index in [1.165, 1.54) is 6.26 Å². The first-order chi connectivity index (χ1) is 9.52. The first kappa shape index (κ1) is 15.0. The Bertz CT molecular complexity index is 442. The van der Waals surface area contributed by atoms with Crippen LogP contribution in [0.5, 0.6) is 0 Å². The lowest BCUT2D eigenvalue weighted by molar-refractivity contribution is -0.140. The summed E-state index contributed by atoms with van der Waals surface area (Å²) in [6, 6.07) is 1.82. The number of aromatic nitrogens is 1. The van der Waals surface area contributed by atoms with E-state index in [0.717, 1.165) is 19.4 Å². The molecule has 0 aromatic carbocycles. The van der Waals surface area contributed by atoms with E-state index in [-0.39, 0.29) is 23.5 Å². The van der Waals surface area contributed by atoms with Gasteiger partial charge >= 0.3 is 0 Å². The summed E-state index contributed by atoms with van der Waals surface area (Å²) < 4.78 is 10.5. The zero-order valence-electron chi connectivity index (χ0n) is 12.8. The van der Waals surface area contributed by atoms with Crippen molar-refractivity contribution < 1.29 is 14.1 Å². The Balaban J connectivity index is 2.12. The maximum absolute atomic E-state index is 12.5. The fraction of sp³-hybridized carbons (Fsp3) is 0.733. The zero-order valence-corrected chi connectivity index (χ0v) is 12.8. The van der Waals surface area contributed by atoms with Crippen LogP contribution >= 0.6 is 0 Å². The van der Waals surface area contributed by atoms with Crippen LogP contribution in [0.4, 0.5) is 0 Å². The number of carbonyl (C=O) groups excluding carboxylic acids is 1. The summed E-state index contributed by atoms with van der Waals surface area (Å²) in [5.41, 5.74) is 0.360. The predicted octanol–water partition coefficient (Wildman–Crippen LogP) is 2.73. The molecule has 0 bridgehead atoms. The first-order valence-corrected chi connectivity index (χ1v) is 7.35. The highest BCUT2D eigenvalue weighted by Gasteiger charge is 2.52. The summed E-state index contributed by atoms with van der Waals surface area (Å²) in [6.07, 6.45) is 3.48. The topological polar surface area (TPSA) is 55.6 Å². The van der Waals surface area contributed by atoms with Gasteiger partial charge < -0.3 is 14.2 Å². The summed E-state index contributed by atoms with van der Waals surface area (Å²) in [6.45, 7) is 9.87. The van der Waals surface area contributed by atoms with E-state index in [1.807, 2.05) is 11.8 Å². The highest BCUT2D eigenvalue weighted by atomic mass is 16.5. The Kier molecular flexibility index (Phi) is 4.48. The number of hydrogen-bond donors (Lipinski definition) is 0. The predicted molar refractivity (Wildman–Crippen MR) is 75.4 cm³/mol. The van der Waals surface area contributed by atoms with E-state index in [2.05, 4.69) is 25.9 Å². The van der Waals surface area contributed by atoms with Crippen LogP contribution < -0.4 is 0 Å². The zero-order chi connectivity index (χ0) is 14.8. The highest BCUT2D eigenvalue weighted by molar-refractivity contribution is 5.92. The van der Waals surface area contributed by atoms with Gasteiger partial charge in [0, 0.05) is 30.7 Å². The van der Waals surface area contributed by atoms with Crippen LogP contribution in [0.25, 0.3) is 0 Å². The molecular weight excluding hydrogens is 256 g/mol. The van der Waals surface area contributed by atoms with Gasteiger partial charge in [0.1, 0.15) is 6.26 Å². The fourth-order valence-electron chi connectivity index (χ4n) is 2.99. The van der Waals surface area contributed by atoms with Crippen molar-refractivity contribution in [1.29, 1.82) is 0 Å². The van der Waals surface area contributed by atoms with Crippen LogP contribution in [0.1, 0.15) is 51.0 Å². The smallest absolute Gasteiger partial charge is 0.276 e. The molecule has 1 heterocycles. The van der Waals surface area contributed by atoms with Crippen molar-refractivity contribution >= 4 is 5.91 Å². The lowest BCUT2D eigenvalue weighted by Gasteiger charge is -2.55. The average Bonchev–Trinajstić information content (AvgIpc) is 2.94. The summed E-state index contributed by atoms with van der Waals surface area (Å²) in [5.74, 6) is -0.0476. The molecule has 5 nitrogen and oxygen atoms in total. The Hall–Kier alpha value is -1.36. The Morgan fingerprint density at radius 3 is 2.80 bits per heavy atom. The minimum Gasteiger partial charge on any atom is -0.378 e. The van der Waals surface area contributed by atoms with E-state index >= 15 is 0 Å². The van der Waals surface area contributed by atoms with Gasteiger partial charge in [0.05, 0.1) is 6.10 Å². The molecule has 2 rings (SSSR count). The van der Waals surface area contributed by atoms with Gasteiger partial charge in [-0.05, 0) is 19.8 Å². The third-order valence-corrected chi connectivity index (χ3v) is 4.25. The normalized spacial score (nSPS) is 24.2. The van der Waals surface area contributed by atoms with Crippen LogP contribution in [0, 0.1) is 5.41 Å². The minimum atomic E-state index is -0.0476. The molecule has 1 aliphatic carbocycles. The van der Waals surface area contributed by atoms with E-state index in [4.69, 9.17) is 9.26 Å². The molecule has 0 saturated heterocycles. The summed E-state index contributed by atoms with van der Waals surface area (Å²) in [4.78, 5) is 14.5. The van der Waals surface area contributed by atoms with Crippen LogP contribution in [0.3, 0.4) is 0 Å². The molecule has 0 N–H and O–H groups in total. The second-order valence-corrected chi connectivity index (χ2v) is 5.90. The highest BCUT2D eigenvalue weighted by Crippen LogP contribution is 2.46. The monoisotopic (exact) mass is 280 g/mol. The van der Waals surface area contributed by atoms with Gasteiger partial charge in [-0.1, -0.05) is 25.9 Å². The quantitative estimate of drug-likeness (QED) is 0.804. The Labute approximate surface area is 120 Å². The number of carbonyl (C=O) groups is 1. The van der Waals surface area contributed by atoms with Gasteiger partial charge in [-0.25, -0.2) is 0 Å². The van der Waals surface area contributed by atoms with Crippen LogP contribution in [0.15, 0.2) is 16.9 Å². The van der Waals surface area contributed by atoms with Gasteiger partial charge in [-0.15, -0.1) is 0 Å². The molecule has 20 heavy (non-hydrogen) atoms. The van der Waals surface area contributed by atoms with Gasteiger partial charge in [0.15, 0.2) is 5.69 Å². The molecule has 2 atom stereocenters. The summed E-state index contributed by atoms with van der Waals surface area (Å²) in [7, 11) is 0. The summed E-state index contributed by atoms with van der Waals surface area (Å²) >= 11 is 0. The van der Waals surface area contributed by atoms with Crippen LogP contribution in [-0.2, 0) is 4.74 Å². The third-order valence-electron chi connectivity index (χ3n) is 4.25. The molecule has 1 aromatic heterocycles. The van der Waals surface area contributed by atoms with Gasteiger partial charge in [0.2, 0.25) is 0 Å². The van der Waals surface area contributed by atoms with Crippen molar-refractivity contribution in [2.45, 2.75) is 52.7 Å². The number of nitrogens with zero attached hydrogens (tertiary/aromatic N) is 2. The first-order valence-electron chi connectivity index (χ1n) is 7.35. The molecule has 0 unspecified atom stereocenters.